The smallest absolute Gasteiger partial charge is 0.251 e. The summed E-state index contributed by atoms with van der Waals surface area (Å²) in [5.74, 6) is -0.534. The predicted octanol–water partition coefficient (Wildman–Crippen LogP) is 3.70. The van der Waals surface area contributed by atoms with Crippen molar-refractivity contribution in [2.75, 3.05) is 26.2 Å². The third kappa shape index (κ3) is 4.66. The average Bonchev–Trinajstić information content (AvgIpc) is 2.79. The molecular formula is C24H23FN2O3. The zero-order valence-electron chi connectivity index (χ0n) is 16.5. The van der Waals surface area contributed by atoms with Gasteiger partial charge in [0.15, 0.2) is 0 Å². The van der Waals surface area contributed by atoms with E-state index in [9.17, 15) is 14.0 Å². The SMILES string of the molecule is O=C(NCCC(=O)N1CCO[C@@H](c2ccc(F)cc2)C1)c1ccc2ccccc2c1. The molecule has 5 nitrogen and oxygen atoms in total. The molecule has 0 aromatic heterocycles. The molecule has 1 fully saturated rings. The third-order valence-electron chi connectivity index (χ3n) is 5.30. The van der Waals surface area contributed by atoms with Crippen LogP contribution >= 0.6 is 0 Å². The average molecular weight is 406 g/mol. The molecule has 2 amide bonds. The van der Waals surface area contributed by atoms with Crippen LogP contribution in [0.2, 0.25) is 0 Å². The Morgan fingerprint density at radius 2 is 1.80 bits per heavy atom. The number of amides is 2. The van der Waals surface area contributed by atoms with Crippen molar-refractivity contribution in [1.82, 2.24) is 10.2 Å². The molecule has 1 saturated heterocycles. The van der Waals surface area contributed by atoms with Gasteiger partial charge in [0.25, 0.3) is 5.91 Å². The summed E-state index contributed by atoms with van der Waals surface area (Å²) in [5, 5.41) is 4.90. The fourth-order valence-corrected chi connectivity index (χ4v) is 3.63. The van der Waals surface area contributed by atoms with Crippen LogP contribution in [0.25, 0.3) is 10.8 Å². The van der Waals surface area contributed by atoms with Crippen LogP contribution in [-0.4, -0.2) is 43.0 Å². The van der Waals surface area contributed by atoms with E-state index in [1.807, 2.05) is 36.4 Å². The highest BCUT2D eigenvalue weighted by Gasteiger charge is 2.25. The standard InChI is InChI=1S/C24H23FN2O3/c25-21-9-7-18(8-10-21)22-16-27(13-14-30-22)23(28)11-12-26-24(29)20-6-5-17-3-1-2-4-19(17)15-20/h1-10,15,22H,11-14,16H2,(H,26,29)/t22-/m1/s1. The van der Waals surface area contributed by atoms with E-state index >= 15 is 0 Å². The maximum atomic E-state index is 13.1. The number of hydrogen-bond donors (Lipinski definition) is 1. The number of hydrogen-bond acceptors (Lipinski definition) is 3. The van der Waals surface area contributed by atoms with Gasteiger partial charge in [0, 0.05) is 25.1 Å². The highest BCUT2D eigenvalue weighted by atomic mass is 19.1. The summed E-state index contributed by atoms with van der Waals surface area (Å²) in [6.45, 7) is 1.62. The quantitative estimate of drug-likeness (QED) is 0.703. The van der Waals surface area contributed by atoms with Crippen molar-refractivity contribution in [2.24, 2.45) is 0 Å². The number of rotatable bonds is 5. The van der Waals surface area contributed by atoms with Gasteiger partial charge in [-0.05, 0) is 40.6 Å². The normalized spacial score (nSPS) is 16.4. The molecule has 1 atom stereocenters. The molecule has 0 unspecified atom stereocenters. The minimum atomic E-state index is -0.301. The van der Waals surface area contributed by atoms with Gasteiger partial charge in [0.2, 0.25) is 5.91 Å². The molecule has 3 aromatic carbocycles. The third-order valence-corrected chi connectivity index (χ3v) is 5.30. The van der Waals surface area contributed by atoms with E-state index in [1.165, 1.54) is 12.1 Å². The van der Waals surface area contributed by atoms with Gasteiger partial charge >= 0.3 is 0 Å². The molecule has 0 bridgehead atoms. The highest BCUT2D eigenvalue weighted by Crippen LogP contribution is 2.23. The van der Waals surface area contributed by atoms with Crippen molar-refractivity contribution in [3.8, 4) is 0 Å². The van der Waals surface area contributed by atoms with Crippen molar-refractivity contribution >= 4 is 22.6 Å². The van der Waals surface area contributed by atoms with Gasteiger partial charge in [-0.25, -0.2) is 4.39 Å². The molecule has 0 saturated carbocycles. The first-order valence-electron chi connectivity index (χ1n) is 10.0. The van der Waals surface area contributed by atoms with Gasteiger partial charge < -0.3 is 15.0 Å². The number of halogens is 1. The summed E-state index contributed by atoms with van der Waals surface area (Å²) in [4.78, 5) is 26.7. The molecule has 1 aliphatic heterocycles. The van der Waals surface area contributed by atoms with Crippen LogP contribution in [0.15, 0.2) is 66.7 Å². The lowest BCUT2D eigenvalue weighted by molar-refractivity contribution is -0.138. The monoisotopic (exact) mass is 406 g/mol. The van der Waals surface area contributed by atoms with Crippen LogP contribution in [0.5, 0.6) is 0 Å². The van der Waals surface area contributed by atoms with Crippen LogP contribution < -0.4 is 5.32 Å². The Balaban J connectivity index is 1.29. The van der Waals surface area contributed by atoms with Crippen LogP contribution in [0.3, 0.4) is 0 Å². The topological polar surface area (TPSA) is 58.6 Å². The number of carbonyl (C=O) groups excluding carboxylic acids is 2. The number of benzene rings is 3. The number of carbonyl (C=O) groups is 2. The molecule has 0 spiro atoms. The molecule has 1 aliphatic rings. The summed E-state index contributed by atoms with van der Waals surface area (Å²) < 4.78 is 18.9. The van der Waals surface area contributed by atoms with Gasteiger partial charge in [-0.1, -0.05) is 42.5 Å². The molecule has 154 valence electrons. The predicted molar refractivity (Wildman–Crippen MR) is 113 cm³/mol. The Morgan fingerprint density at radius 1 is 1.03 bits per heavy atom. The zero-order chi connectivity index (χ0) is 20.9. The first kappa shape index (κ1) is 20.0. The zero-order valence-corrected chi connectivity index (χ0v) is 16.5. The van der Waals surface area contributed by atoms with Crippen molar-refractivity contribution < 1.29 is 18.7 Å². The van der Waals surface area contributed by atoms with Gasteiger partial charge in [0.05, 0.1) is 13.2 Å². The Labute approximate surface area is 174 Å². The molecule has 6 heteroatoms. The van der Waals surface area contributed by atoms with Crippen LogP contribution in [0.4, 0.5) is 4.39 Å². The number of nitrogens with zero attached hydrogens (tertiary/aromatic N) is 1. The second kappa shape index (κ2) is 9.05. The minimum absolute atomic E-state index is 0.0378. The van der Waals surface area contributed by atoms with Crippen LogP contribution in [0.1, 0.15) is 28.4 Å². The van der Waals surface area contributed by atoms with E-state index in [2.05, 4.69) is 5.32 Å². The van der Waals surface area contributed by atoms with E-state index < -0.39 is 0 Å². The van der Waals surface area contributed by atoms with Gasteiger partial charge in [-0.15, -0.1) is 0 Å². The second-order valence-electron chi connectivity index (χ2n) is 7.32. The molecule has 30 heavy (non-hydrogen) atoms. The number of nitrogens with one attached hydrogen (secondary N) is 1. The maximum Gasteiger partial charge on any atom is 0.251 e. The van der Waals surface area contributed by atoms with E-state index in [0.717, 1.165) is 16.3 Å². The first-order chi connectivity index (χ1) is 14.6. The van der Waals surface area contributed by atoms with Gasteiger partial charge in [-0.2, -0.15) is 0 Å². The number of morpholine rings is 1. The Bertz CT molecular complexity index is 1050. The highest BCUT2D eigenvalue weighted by molar-refractivity contribution is 5.98. The number of ether oxygens (including phenoxy) is 1. The lowest BCUT2D eigenvalue weighted by atomic mass is 10.1. The Kier molecular flexibility index (Phi) is 6.05. The minimum Gasteiger partial charge on any atom is -0.370 e. The van der Waals surface area contributed by atoms with Crippen LogP contribution in [0, 0.1) is 5.82 Å². The van der Waals surface area contributed by atoms with E-state index in [0.29, 0.717) is 25.3 Å². The number of fused-ring (bicyclic) bond motifs is 1. The fourth-order valence-electron chi connectivity index (χ4n) is 3.63. The fraction of sp³-hybridized carbons (Fsp3) is 0.250. The van der Waals surface area contributed by atoms with Gasteiger partial charge in [0.1, 0.15) is 11.9 Å². The van der Waals surface area contributed by atoms with E-state index in [-0.39, 0.29) is 36.7 Å². The summed E-state index contributed by atoms with van der Waals surface area (Å²) in [6, 6.07) is 19.5. The first-order valence-corrected chi connectivity index (χ1v) is 10.0. The summed E-state index contributed by atoms with van der Waals surface area (Å²) in [7, 11) is 0. The van der Waals surface area contributed by atoms with Crippen molar-refractivity contribution in [3.63, 3.8) is 0 Å². The Hall–Kier alpha value is -3.25. The Morgan fingerprint density at radius 3 is 2.60 bits per heavy atom. The second-order valence-corrected chi connectivity index (χ2v) is 7.32. The van der Waals surface area contributed by atoms with E-state index in [1.54, 1.807) is 23.1 Å². The molecular weight excluding hydrogens is 383 g/mol. The van der Waals surface area contributed by atoms with Gasteiger partial charge in [-0.3, -0.25) is 9.59 Å². The maximum absolute atomic E-state index is 13.1. The summed E-state index contributed by atoms with van der Waals surface area (Å²) in [5.41, 5.74) is 1.42. The van der Waals surface area contributed by atoms with Crippen molar-refractivity contribution in [3.05, 3.63) is 83.7 Å². The van der Waals surface area contributed by atoms with Crippen LogP contribution in [-0.2, 0) is 9.53 Å². The van der Waals surface area contributed by atoms with E-state index in [4.69, 9.17) is 4.74 Å². The molecule has 1 heterocycles. The summed E-state index contributed by atoms with van der Waals surface area (Å²) in [6.07, 6.45) is -0.0503. The molecule has 4 rings (SSSR count). The molecule has 0 radical (unpaired) electrons. The largest absolute Gasteiger partial charge is 0.370 e. The summed E-state index contributed by atoms with van der Waals surface area (Å²) >= 11 is 0. The lowest BCUT2D eigenvalue weighted by Gasteiger charge is -2.33. The molecule has 1 N–H and O–H groups in total. The van der Waals surface area contributed by atoms with Crippen molar-refractivity contribution in [1.29, 1.82) is 0 Å². The van der Waals surface area contributed by atoms with Crippen molar-refractivity contribution in [2.45, 2.75) is 12.5 Å². The molecule has 3 aromatic rings. The lowest BCUT2D eigenvalue weighted by Crippen LogP contribution is -2.43. The molecule has 0 aliphatic carbocycles.